The van der Waals surface area contributed by atoms with Gasteiger partial charge >= 0.3 is 0 Å². The number of anilines is 1. The van der Waals surface area contributed by atoms with E-state index in [0.717, 1.165) is 25.0 Å². The zero-order valence-electron chi connectivity index (χ0n) is 22.2. The SMILES string of the molecule is CCOc1ccc(NC(=O)[C@H]2[C@H]3C=C[C@@]4(O3)[C@H]2C(=O)N([C@H](C)CC)[C@@H]4C(=O)N[C@H]2CCCC[C@H]2C)cc1. The highest BCUT2D eigenvalue weighted by molar-refractivity contribution is 6.03. The standard InChI is InChI=1S/C29H39N3O5/c1-5-18(4)32-25(27(34)31-21-10-8-7-9-17(21)3)29-16-15-22(37-29)23(24(29)28(32)35)26(33)30-19-11-13-20(14-12-19)36-6-2/h11-18,21-25H,5-10H2,1-4H3,(H,30,33)(H,31,34)/t17-,18-,21+,22-,23+,24-,25-,29-/m1/s1. The van der Waals surface area contributed by atoms with E-state index in [4.69, 9.17) is 9.47 Å². The van der Waals surface area contributed by atoms with E-state index in [1.165, 1.54) is 6.42 Å². The molecule has 3 heterocycles. The third-order valence-electron chi connectivity index (χ3n) is 8.80. The molecule has 3 aliphatic heterocycles. The Hall–Kier alpha value is -2.87. The smallest absolute Gasteiger partial charge is 0.246 e. The summed E-state index contributed by atoms with van der Waals surface area (Å²) >= 11 is 0. The molecule has 2 N–H and O–H groups in total. The molecule has 1 spiro atoms. The number of carbonyl (C=O) groups is 3. The molecule has 200 valence electrons. The summed E-state index contributed by atoms with van der Waals surface area (Å²) in [6.45, 7) is 8.62. The number of likely N-dealkylation sites (tertiary alicyclic amines) is 1. The number of nitrogens with zero attached hydrogens (tertiary/aromatic N) is 1. The first-order valence-electron chi connectivity index (χ1n) is 13.8. The number of hydrogen-bond donors (Lipinski definition) is 2. The molecule has 3 fully saturated rings. The largest absolute Gasteiger partial charge is 0.494 e. The van der Waals surface area contributed by atoms with Gasteiger partial charge in [-0.3, -0.25) is 14.4 Å². The van der Waals surface area contributed by atoms with Gasteiger partial charge in [-0.15, -0.1) is 0 Å². The first-order valence-corrected chi connectivity index (χ1v) is 13.8. The number of ether oxygens (including phenoxy) is 2. The molecular weight excluding hydrogens is 470 g/mol. The van der Waals surface area contributed by atoms with Crippen molar-refractivity contribution in [3.8, 4) is 5.75 Å². The van der Waals surface area contributed by atoms with Crippen molar-refractivity contribution < 1.29 is 23.9 Å². The predicted molar refractivity (Wildman–Crippen MR) is 140 cm³/mol. The van der Waals surface area contributed by atoms with Gasteiger partial charge in [-0.25, -0.2) is 0 Å². The summed E-state index contributed by atoms with van der Waals surface area (Å²) in [5, 5.41) is 6.23. The fourth-order valence-electron chi connectivity index (χ4n) is 6.70. The summed E-state index contributed by atoms with van der Waals surface area (Å²) < 4.78 is 11.9. The highest BCUT2D eigenvalue weighted by Gasteiger charge is 2.73. The minimum atomic E-state index is -1.13. The van der Waals surface area contributed by atoms with Crippen LogP contribution in [0.5, 0.6) is 5.75 Å². The van der Waals surface area contributed by atoms with E-state index < -0.39 is 29.6 Å². The van der Waals surface area contributed by atoms with E-state index in [2.05, 4.69) is 17.6 Å². The molecule has 37 heavy (non-hydrogen) atoms. The first kappa shape index (κ1) is 25.8. The van der Waals surface area contributed by atoms with Gasteiger partial charge in [0.15, 0.2) is 0 Å². The van der Waals surface area contributed by atoms with Gasteiger partial charge in [-0.05, 0) is 63.3 Å². The molecule has 0 unspecified atom stereocenters. The van der Waals surface area contributed by atoms with Crippen molar-refractivity contribution in [2.75, 3.05) is 11.9 Å². The quantitative estimate of drug-likeness (QED) is 0.522. The zero-order valence-corrected chi connectivity index (χ0v) is 22.2. The molecule has 8 heteroatoms. The lowest BCUT2D eigenvalue weighted by molar-refractivity contribution is -0.143. The average Bonchev–Trinajstić information content (AvgIpc) is 3.53. The van der Waals surface area contributed by atoms with Crippen LogP contribution in [0.4, 0.5) is 5.69 Å². The van der Waals surface area contributed by atoms with Gasteiger partial charge < -0.3 is 25.0 Å². The Kier molecular flexibility index (Phi) is 7.05. The topological polar surface area (TPSA) is 97.0 Å². The van der Waals surface area contributed by atoms with Crippen LogP contribution in [0, 0.1) is 17.8 Å². The highest BCUT2D eigenvalue weighted by atomic mass is 16.5. The van der Waals surface area contributed by atoms with Crippen molar-refractivity contribution in [1.29, 1.82) is 0 Å². The zero-order chi connectivity index (χ0) is 26.3. The Labute approximate surface area is 219 Å². The number of amides is 3. The molecule has 5 rings (SSSR count). The van der Waals surface area contributed by atoms with Crippen LogP contribution in [-0.2, 0) is 19.1 Å². The fraction of sp³-hybridized carbons (Fsp3) is 0.621. The van der Waals surface area contributed by atoms with E-state index in [0.29, 0.717) is 24.6 Å². The van der Waals surface area contributed by atoms with E-state index in [9.17, 15) is 14.4 Å². The van der Waals surface area contributed by atoms with Crippen molar-refractivity contribution in [3.63, 3.8) is 0 Å². The second-order valence-electron chi connectivity index (χ2n) is 11.0. The minimum absolute atomic E-state index is 0.0897. The number of carbonyl (C=O) groups excluding carboxylic acids is 3. The molecule has 1 aromatic carbocycles. The molecule has 2 bridgehead atoms. The van der Waals surface area contributed by atoms with Crippen LogP contribution in [0.3, 0.4) is 0 Å². The number of benzene rings is 1. The van der Waals surface area contributed by atoms with Crippen molar-refractivity contribution in [3.05, 3.63) is 36.4 Å². The van der Waals surface area contributed by atoms with Crippen molar-refractivity contribution in [2.24, 2.45) is 17.8 Å². The molecule has 2 saturated heterocycles. The molecule has 3 amide bonds. The summed E-state index contributed by atoms with van der Waals surface area (Å²) in [6, 6.07) is 6.31. The maximum Gasteiger partial charge on any atom is 0.246 e. The monoisotopic (exact) mass is 509 g/mol. The number of nitrogens with one attached hydrogen (secondary N) is 2. The third kappa shape index (κ3) is 4.33. The Morgan fingerprint density at radius 3 is 2.57 bits per heavy atom. The Bertz CT molecular complexity index is 1070. The normalized spacial score (nSPS) is 34.8. The maximum atomic E-state index is 14.0. The van der Waals surface area contributed by atoms with E-state index >= 15 is 0 Å². The lowest BCUT2D eigenvalue weighted by atomic mass is 9.74. The van der Waals surface area contributed by atoms with E-state index in [1.54, 1.807) is 29.2 Å². The van der Waals surface area contributed by atoms with Crippen molar-refractivity contribution >= 4 is 23.4 Å². The van der Waals surface area contributed by atoms with Gasteiger partial charge in [0.2, 0.25) is 17.7 Å². The van der Waals surface area contributed by atoms with Crippen LogP contribution in [-0.4, -0.2) is 59.1 Å². The lowest BCUT2D eigenvalue weighted by Crippen LogP contribution is -2.58. The summed E-state index contributed by atoms with van der Waals surface area (Å²) in [6.07, 6.45) is 8.19. The molecule has 0 radical (unpaired) electrons. The first-order chi connectivity index (χ1) is 17.8. The van der Waals surface area contributed by atoms with Crippen LogP contribution >= 0.6 is 0 Å². The van der Waals surface area contributed by atoms with Crippen LogP contribution < -0.4 is 15.4 Å². The summed E-state index contributed by atoms with van der Waals surface area (Å²) in [5.41, 5.74) is -0.507. The van der Waals surface area contributed by atoms with Crippen molar-refractivity contribution in [1.82, 2.24) is 10.2 Å². The molecule has 0 aromatic heterocycles. The van der Waals surface area contributed by atoms with Crippen LogP contribution in [0.25, 0.3) is 0 Å². The minimum Gasteiger partial charge on any atom is -0.494 e. The van der Waals surface area contributed by atoms with Gasteiger partial charge in [0, 0.05) is 17.8 Å². The number of hydrogen-bond acceptors (Lipinski definition) is 5. The van der Waals surface area contributed by atoms with E-state index in [1.807, 2.05) is 32.9 Å². The molecule has 8 atom stereocenters. The number of fused-ring (bicyclic) bond motifs is 1. The predicted octanol–water partition coefficient (Wildman–Crippen LogP) is 3.67. The summed E-state index contributed by atoms with van der Waals surface area (Å²) in [5.74, 6) is -0.950. The molecule has 1 aromatic rings. The second-order valence-corrected chi connectivity index (χ2v) is 11.0. The summed E-state index contributed by atoms with van der Waals surface area (Å²) in [7, 11) is 0. The Morgan fingerprint density at radius 2 is 1.89 bits per heavy atom. The van der Waals surface area contributed by atoms with Gasteiger partial charge in [-0.1, -0.05) is 38.8 Å². The van der Waals surface area contributed by atoms with Gasteiger partial charge in [0.1, 0.15) is 17.4 Å². The van der Waals surface area contributed by atoms with Crippen LogP contribution in [0.1, 0.15) is 59.8 Å². The summed E-state index contributed by atoms with van der Waals surface area (Å²) in [4.78, 5) is 43.1. The van der Waals surface area contributed by atoms with Crippen LogP contribution in [0.2, 0.25) is 0 Å². The molecule has 4 aliphatic rings. The van der Waals surface area contributed by atoms with Gasteiger partial charge in [0.05, 0.1) is 24.5 Å². The fourth-order valence-corrected chi connectivity index (χ4v) is 6.70. The highest BCUT2D eigenvalue weighted by Crippen LogP contribution is 2.55. The Morgan fingerprint density at radius 1 is 1.16 bits per heavy atom. The molecule has 1 saturated carbocycles. The number of rotatable bonds is 8. The van der Waals surface area contributed by atoms with E-state index in [-0.39, 0.29) is 29.8 Å². The van der Waals surface area contributed by atoms with Crippen LogP contribution in [0.15, 0.2) is 36.4 Å². The maximum absolute atomic E-state index is 14.0. The lowest BCUT2D eigenvalue weighted by Gasteiger charge is -2.37. The average molecular weight is 510 g/mol. The second kappa shape index (κ2) is 10.1. The molecule has 1 aliphatic carbocycles. The van der Waals surface area contributed by atoms with Gasteiger partial charge in [0.25, 0.3) is 0 Å². The van der Waals surface area contributed by atoms with Crippen molar-refractivity contribution in [2.45, 2.75) is 89.6 Å². The molecular formula is C29H39N3O5. The Balaban J connectivity index is 1.41. The van der Waals surface area contributed by atoms with Gasteiger partial charge in [-0.2, -0.15) is 0 Å². The molecule has 8 nitrogen and oxygen atoms in total. The third-order valence-corrected chi connectivity index (χ3v) is 8.80.